The van der Waals surface area contributed by atoms with Gasteiger partial charge in [-0.25, -0.2) is 9.97 Å². The SMILES string of the molecule is CC(=O)Nc1cc(Oc2ccc3nc(Nc4cc(C5CC5)cn(C[C@H]5CC[C@H]5O)c4=O)n(C)c3c2)ccn1. The van der Waals surface area contributed by atoms with Crippen molar-refractivity contribution in [2.45, 2.75) is 51.2 Å². The first-order valence-corrected chi connectivity index (χ1v) is 12.9. The number of benzene rings is 1. The molecule has 2 fully saturated rings. The third-order valence-electron chi connectivity index (χ3n) is 7.33. The van der Waals surface area contributed by atoms with E-state index >= 15 is 0 Å². The fourth-order valence-corrected chi connectivity index (χ4v) is 4.87. The number of fused-ring (bicyclic) bond motifs is 1. The number of carbonyl (C=O) groups excluding carboxylic acids is 1. The van der Waals surface area contributed by atoms with Crippen LogP contribution in [0.15, 0.2) is 53.6 Å². The summed E-state index contributed by atoms with van der Waals surface area (Å²) >= 11 is 0. The van der Waals surface area contributed by atoms with Crippen LogP contribution in [0.2, 0.25) is 0 Å². The molecule has 0 radical (unpaired) electrons. The van der Waals surface area contributed by atoms with Crippen LogP contribution in [0.3, 0.4) is 0 Å². The zero-order chi connectivity index (χ0) is 26.4. The van der Waals surface area contributed by atoms with Crippen LogP contribution in [0, 0.1) is 5.92 Å². The topological polar surface area (TPSA) is 123 Å². The van der Waals surface area contributed by atoms with Crippen molar-refractivity contribution in [3.8, 4) is 11.5 Å². The lowest BCUT2D eigenvalue weighted by molar-refractivity contribution is -0.114. The Morgan fingerprint density at radius 3 is 2.66 bits per heavy atom. The average Bonchev–Trinajstić information content (AvgIpc) is 3.69. The number of imidazole rings is 1. The quantitative estimate of drug-likeness (QED) is 0.321. The van der Waals surface area contributed by atoms with Gasteiger partial charge in [-0.2, -0.15) is 0 Å². The Labute approximate surface area is 219 Å². The van der Waals surface area contributed by atoms with Gasteiger partial charge in [0, 0.05) is 51.0 Å². The van der Waals surface area contributed by atoms with Crippen molar-refractivity contribution in [3.63, 3.8) is 0 Å². The van der Waals surface area contributed by atoms with Gasteiger partial charge < -0.3 is 29.6 Å². The Balaban J connectivity index is 1.27. The van der Waals surface area contributed by atoms with Crippen molar-refractivity contribution in [1.29, 1.82) is 0 Å². The summed E-state index contributed by atoms with van der Waals surface area (Å²) in [6, 6.07) is 10.9. The first-order valence-electron chi connectivity index (χ1n) is 12.9. The number of nitrogens with zero attached hydrogens (tertiary/aromatic N) is 4. The van der Waals surface area contributed by atoms with Crippen LogP contribution in [0.5, 0.6) is 11.5 Å². The van der Waals surface area contributed by atoms with E-state index in [1.165, 1.54) is 6.92 Å². The number of rotatable bonds is 8. The number of hydrogen-bond donors (Lipinski definition) is 3. The minimum Gasteiger partial charge on any atom is -0.457 e. The molecule has 0 bridgehead atoms. The summed E-state index contributed by atoms with van der Waals surface area (Å²) in [5.41, 5.74) is 3.11. The number of aryl methyl sites for hydroxylation is 1. The van der Waals surface area contributed by atoms with Gasteiger partial charge >= 0.3 is 0 Å². The summed E-state index contributed by atoms with van der Waals surface area (Å²) in [6.07, 6.45) is 7.20. The van der Waals surface area contributed by atoms with Crippen LogP contribution in [-0.2, 0) is 18.4 Å². The van der Waals surface area contributed by atoms with Crippen molar-refractivity contribution < 1.29 is 14.6 Å². The Hall–Kier alpha value is -4.18. The maximum absolute atomic E-state index is 13.4. The van der Waals surface area contributed by atoms with Crippen LogP contribution in [0.4, 0.5) is 17.5 Å². The highest BCUT2D eigenvalue weighted by Crippen LogP contribution is 2.41. The van der Waals surface area contributed by atoms with Crippen molar-refractivity contribution >= 4 is 34.4 Å². The molecule has 38 heavy (non-hydrogen) atoms. The van der Waals surface area contributed by atoms with E-state index in [2.05, 4.69) is 15.6 Å². The number of aliphatic hydroxyl groups excluding tert-OH is 1. The van der Waals surface area contributed by atoms with Gasteiger partial charge in [0.1, 0.15) is 23.0 Å². The van der Waals surface area contributed by atoms with Crippen molar-refractivity contribution in [3.05, 3.63) is 64.7 Å². The Morgan fingerprint density at radius 1 is 1.13 bits per heavy atom. The lowest BCUT2D eigenvalue weighted by Crippen LogP contribution is -2.37. The van der Waals surface area contributed by atoms with E-state index in [1.54, 1.807) is 22.9 Å². The second-order valence-electron chi connectivity index (χ2n) is 10.3. The smallest absolute Gasteiger partial charge is 0.274 e. The molecule has 0 saturated heterocycles. The molecule has 0 unspecified atom stereocenters. The van der Waals surface area contributed by atoms with E-state index in [0.29, 0.717) is 41.4 Å². The van der Waals surface area contributed by atoms with E-state index in [4.69, 9.17) is 9.72 Å². The van der Waals surface area contributed by atoms with E-state index in [-0.39, 0.29) is 23.5 Å². The molecule has 196 valence electrons. The monoisotopic (exact) mass is 514 g/mol. The number of hydrogen-bond acceptors (Lipinski definition) is 7. The van der Waals surface area contributed by atoms with Gasteiger partial charge in [-0.05, 0) is 61.4 Å². The number of carbonyl (C=O) groups is 1. The van der Waals surface area contributed by atoms with Crippen LogP contribution >= 0.6 is 0 Å². The predicted octanol–water partition coefficient (Wildman–Crippen LogP) is 4.27. The Morgan fingerprint density at radius 2 is 1.95 bits per heavy atom. The number of aromatic nitrogens is 4. The fourth-order valence-electron chi connectivity index (χ4n) is 4.87. The van der Waals surface area contributed by atoms with E-state index < -0.39 is 0 Å². The standard InChI is InChI=1S/C28H30N6O4/c1-16(35)30-26-13-21(9-10-29-26)38-20-6-7-22-24(12-20)33(2)28(31-22)32-23-11-19(17-3-4-17)15-34(27(23)37)14-18-5-8-25(18)36/h6-7,9-13,15,17-18,25,36H,3-5,8,14H2,1-2H3,(H,31,32)(H,29,30,35)/t18-,25-/m1/s1. The molecule has 1 amide bonds. The normalized spacial score (nSPS) is 18.7. The predicted molar refractivity (Wildman–Crippen MR) is 144 cm³/mol. The summed E-state index contributed by atoms with van der Waals surface area (Å²) in [5, 5.41) is 16.0. The lowest BCUT2D eigenvalue weighted by Gasteiger charge is -2.32. The second-order valence-corrected chi connectivity index (χ2v) is 10.3. The summed E-state index contributed by atoms with van der Waals surface area (Å²) in [4.78, 5) is 33.5. The molecule has 10 heteroatoms. The molecule has 2 aliphatic rings. The number of pyridine rings is 2. The molecule has 0 aliphatic heterocycles. The van der Waals surface area contributed by atoms with Crippen molar-refractivity contribution in [1.82, 2.24) is 19.1 Å². The molecular weight excluding hydrogens is 484 g/mol. The number of amides is 1. The third-order valence-corrected chi connectivity index (χ3v) is 7.33. The van der Waals surface area contributed by atoms with Crippen LogP contribution in [-0.4, -0.2) is 36.2 Å². The van der Waals surface area contributed by atoms with E-state index in [9.17, 15) is 14.7 Å². The number of aliphatic hydroxyl groups is 1. The second kappa shape index (κ2) is 9.60. The van der Waals surface area contributed by atoms with Gasteiger partial charge in [-0.15, -0.1) is 0 Å². The molecule has 2 atom stereocenters. The highest BCUT2D eigenvalue weighted by Gasteiger charge is 2.31. The minimum atomic E-state index is -0.330. The molecule has 3 N–H and O–H groups in total. The molecule has 2 saturated carbocycles. The molecule has 3 aromatic heterocycles. The zero-order valence-electron chi connectivity index (χ0n) is 21.3. The molecule has 4 aromatic rings. The molecule has 0 spiro atoms. The van der Waals surface area contributed by atoms with Gasteiger partial charge in [0.2, 0.25) is 11.9 Å². The minimum absolute atomic E-state index is 0.114. The van der Waals surface area contributed by atoms with Gasteiger partial charge in [-0.1, -0.05) is 0 Å². The summed E-state index contributed by atoms with van der Waals surface area (Å²) < 4.78 is 9.65. The lowest BCUT2D eigenvalue weighted by atomic mass is 9.82. The number of ether oxygens (including phenoxy) is 1. The highest BCUT2D eigenvalue weighted by molar-refractivity contribution is 5.87. The van der Waals surface area contributed by atoms with Crippen molar-refractivity contribution in [2.75, 3.05) is 10.6 Å². The molecular formula is C28H30N6O4. The van der Waals surface area contributed by atoms with Crippen LogP contribution in [0.1, 0.15) is 44.1 Å². The van der Waals surface area contributed by atoms with Crippen LogP contribution < -0.4 is 20.9 Å². The third kappa shape index (κ3) is 4.87. The van der Waals surface area contributed by atoms with Gasteiger partial charge in [0.15, 0.2) is 0 Å². The summed E-state index contributed by atoms with van der Waals surface area (Å²) in [5.74, 6) is 2.50. The summed E-state index contributed by atoms with van der Waals surface area (Å²) in [7, 11) is 1.89. The fraction of sp³-hybridized carbons (Fsp3) is 0.357. The molecule has 10 nitrogen and oxygen atoms in total. The highest BCUT2D eigenvalue weighted by atomic mass is 16.5. The van der Waals surface area contributed by atoms with E-state index in [1.807, 2.05) is 42.1 Å². The molecule has 3 heterocycles. The van der Waals surface area contributed by atoms with Gasteiger partial charge in [-0.3, -0.25) is 9.59 Å². The van der Waals surface area contributed by atoms with Gasteiger partial charge in [0.25, 0.3) is 5.56 Å². The van der Waals surface area contributed by atoms with Gasteiger partial charge in [0.05, 0.1) is 17.1 Å². The first kappa shape index (κ1) is 24.2. The molecule has 6 rings (SSSR count). The molecule has 1 aromatic carbocycles. The maximum atomic E-state index is 13.4. The van der Waals surface area contributed by atoms with Crippen molar-refractivity contribution in [2.24, 2.45) is 13.0 Å². The number of anilines is 3. The Kier molecular flexibility index (Phi) is 6.11. The van der Waals surface area contributed by atoms with E-state index in [0.717, 1.165) is 42.3 Å². The van der Waals surface area contributed by atoms with Crippen LogP contribution in [0.25, 0.3) is 11.0 Å². The Bertz CT molecular complexity index is 1590. The zero-order valence-corrected chi connectivity index (χ0v) is 21.3. The first-order chi connectivity index (χ1) is 18.3. The molecule has 2 aliphatic carbocycles. The largest absolute Gasteiger partial charge is 0.457 e. The number of nitrogens with one attached hydrogen (secondary N) is 2. The summed E-state index contributed by atoms with van der Waals surface area (Å²) in [6.45, 7) is 1.95. The average molecular weight is 515 g/mol. The maximum Gasteiger partial charge on any atom is 0.274 e.